The molecule has 102 valence electrons. The average Bonchev–Trinajstić information content (AvgIpc) is 2.41. The molecule has 0 aliphatic rings. The molecule has 0 amide bonds. The molecule has 1 aromatic rings. The molecule has 0 aromatic carbocycles. The summed E-state index contributed by atoms with van der Waals surface area (Å²) in [4.78, 5) is 11.2. The van der Waals surface area contributed by atoms with Gasteiger partial charge < -0.3 is 10.2 Å². The normalized spacial score (nSPS) is 10.6. The SMILES string of the molecule is CCCCN(CC)c1cnc(CNCCC)cn1. The molecule has 1 heterocycles. The van der Waals surface area contributed by atoms with Crippen molar-refractivity contribution in [1.82, 2.24) is 15.3 Å². The molecule has 0 atom stereocenters. The molecule has 0 aliphatic carbocycles. The summed E-state index contributed by atoms with van der Waals surface area (Å²) < 4.78 is 0. The number of aromatic nitrogens is 2. The van der Waals surface area contributed by atoms with Gasteiger partial charge in [0.2, 0.25) is 0 Å². The fourth-order valence-electron chi connectivity index (χ4n) is 1.78. The van der Waals surface area contributed by atoms with E-state index in [-0.39, 0.29) is 0 Å². The highest BCUT2D eigenvalue weighted by molar-refractivity contribution is 5.35. The van der Waals surface area contributed by atoms with Crippen LogP contribution in [0.4, 0.5) is 5.82 Å². The number of nitrogens with one attached hydrogen (secondary N) is 1. The second-order valence-electron chi connectivity index (χ2n) is 4.48. The molecule has 0 saturated heterocycles. The Morgan fingerprint density at radius 2 is 1.94 bits per heavy atom. The summed E-state index contributed by atoms with van der Waals surface area (Å²) in [6.07, 6.45) is 7.33. The van der Waals surface area contributed by atoms with Crippen molar-refractivity contribution in [1.29, 1.82) is 0 Å². The highest BCUT2D eigenvalue weighted by Gasteiger charge is 2.05. The van der Waals surface area contributed by atoms with Crippen LogP contribution in [0.3, 0.4) is 0 Å². The van der Waals surface area contributed by atoms with Gasteiger partial charge in [0.25, 0.3) is 0 Å². The maximum atomic E-state index is 4.50. The van der Waals surface area contributed by atoms with Gasteiger partial charge in [-0.2, -0.15) is 0 Å². The number of hydrogen-bond acceptors (Lipinski definition) is 4. The lowest BCUT2D eigenvalue weighted by Crippen LogP contribution is -2.25. The molecule has 0 aliphatic heterocycles. The van der Waals surface area contributed by atoms with Gasteiger partial charge in [-0.1, -0.05) is 20.3 Å². The highest BCUT2D eigenvalue weighted by atomic mass is 15.2. The van der Waals surface area contributed by atoms with E-state index in [1.807, 2.05) is 12.4 Å². The monoisotopic (exact) mass is 250 g/mol. The summed E-state index contributed by atoms with van der Waals surface area (Å²) in [6, 6.07) is 0. The van der Waals surface area contributed by atoms with Gasteiger partial charge in [-0.15, -0.1) is 0 Å². The standard InChI is InChI=1S/C14H26N4/c1-4-7-9-18(6-3)14-12-16-13(11-17-14)10-15-8-5-2/h11-12,15H,4-10H2,1-3H3. The van der Waals surface area contributed by atoms with Gasteiger partial charge in [0, 0.05) is 19.6 Å². The van der Waals surface area contributed by atoms with Gasteiger partial charge in [-0.3, -0.25) is 4.98 Å². The summed E-state index contributed by atoms with van der Waals surface area (Å²) in [6.45, 7) is 10.4. The van der Waals surface area contributed by atoms with Crippen LogP contribution in [0.2, 0.25) is 0 Å². The molecule has 4 nitrogen and oxygen atoms in total. The van der Waals surface area contributed by atoms with Gasteiger partial charge in [0.1, 0.15) is 5.82 Å². The van der Waals surface area contributed by atoms with Crippen molar-refractivity contribution in [2.75, 3.05) is 24.5 Å². The Balaban J connectivity index is 2.51. The van der Waals surface area contributed by atoms with Crippen molar-refractivity contribution in [3.05, 3.63) is 18.1 Å². The summed E-state index contributed by atoms with van der Waals surface area (Å²) in [5.74, 6) is 0.991. The lowest BCUT2D eigenvalue weighted by atomic mass is 10.3. The van der Waals surface area contributed by atoms with E-state index in [1.165, 1.54) is 12.8 Å². The summed E-state index contributed by atoms with van der Waals surface area (Å²) in [5, 5.41) is 3.33. The van der Waals surface area contributed by atoms with E-state index in [0.29, 0.717) is 0 Å². The molecule has 18 heavy (non-hydrogen) atoms. The first kappa shape index (κ1) is 14.9. The van der Waals surface area contributed by atoms with Gasteiger partial charge in [-0.25, -0.2) is 4.98 Å². The minimum absolute atomic E-state index is 0.808. The zero-order chi connectivity index (χ0) is 13.2. The second-order valence-corrected chi connectivity index (χ2v) is 4.48. The molecule has 0 unspecified atom stereocenters. The van der Waals surface area contributed by atoms with Crippen molar-refractivity contribution in [3.63, 3.8) is 0 Å². The van der Waals surface area contributed by atoms with E-state index in [2.05, 4.69) is 41.0 Å². The molecule has 0 fully saturated rings. The van der Waals surface area contributed by atoms with Crippen LogP contribution in [0.25, 0.3) is 0 Å². The highest BCUT2D eigenvalue weighted by Crippen LogP contribution is 2.09. The molecular formula is C14H26N4. The van der Waals surface area contributed by atoms with Gasteiger partial charge in [0.15, 0.2) is 0 Å². The second kappa shape index (κ2) is 8.86. The smallest absolute Gasteiger partial charge is 0.147 e. The molecule has 0 radical (unpaired) electrons. The third-order valence-corrected chi connectivity index (χ3v) is 2.91. The Bertz CT molecular complexity index is 310. The van der Waals surface area contributed by atoms with E-state index in [9.17, 15) is 0 Å². The fourth-order valence-corrected chi connectivity index (χ4v) is 1.78. The molecular weight excluding hydrogens is 224 g/mol. The first-order valence-electron chi connectivity index (χ1n) is 7.08. The van der Waals surface area contributed by atoms with Crippen molar-refractivity contribution in [2.24, 2.45) is 0 Å². The van der Waals surface area contributed by atoms with Crippen LogP contribution < -0.4 is 10.2 Å². The predicted molar refractivity (Wildman–Crippen MR) is 76.8 cm³/mol. The van der Waals surface area contributed by atoms with Gasteiger partial charge >= 0.3 is 0 Å². The molecule has 4 heteroatoms. The quantitative estimate of drug-likeness (QED) is 0.684. The number of hydrogen-bond donors (Lipinski definition) is 1. The topological polar surface area (TPSA) is 41.1 Å². The third-order valence-electron chi connectivity index (χ3n) is 2.91. The van der Waals surface area contributed by atoms with Gasteiger partial charge in [-0.05, 0) is 26.3 Å². The van der Waals surface area contributed by atoms with E-state index in [4.69, 9.17) is 0 Å². The fraction of sp³-hybridized carbons (Fsp3) is 0.714. The Hall–Kier alpha value is -1.16. The maximum absolute atomic E-state index is 4.50. The minimum atomic E-state index is 0.808. The van der Waals surface area contributed by atoms with Crippen molar-refractivity contribution >= 4 is 5.82 Å². The lowest BCUT2D eigenvalue weighted by molar-refractivity contribution is 0.660. The molecule has 0 bridgehead atoms. The van der Waals surface area contributed by atoms with Gasteiger partial charge in [0.05, 0.1) is 18.1 Å². The van der Waals surface area contributed by atoms with Crippen molar-refractivity contribution in [2.45, 2.75) is 46.6 Å². The molecule has 0 spiro atoms. The lowest BCUT2D eigenvalue weighted by Gasteiger charge is -2.21. The Morgan fingerprint density at radius 3 is 2.50 bits per heavy atom. The first-order chi connectivity index (χ1) is 8.81. The average molecular weight is 250 g/mol. The summed E-state index contributed by atoms with van der Waals surface area (Å²) in [5.41, 5.74) is 1.01. The van der Waals surface area contributed by atoms with Crippen LogP contribution in [-0.2, 0) is 6.54 Å². The Morgan fingerprint density at radius 1 is 1.11 bits per heavy atom. The summed E-state index contributed by atoms with van der Waals surface area (Å²) in [7, 11) is 0. The largest absolute Gasteiger partial charge is 0.356 e. The Labute approximate surface area is 111 Å². The van der Waals surface area contributed by atoms with Crippen LogP contribution in [-0.4, -0.2) is 29.6 Å². The van der Waals surface area contributed by atoms with E-state index in [0.717, 1.165) is 44.1 Å². The van der Waals surface area contributed by atoms with E-state index in [1.54, 1.807) is 0 Å². The van der Waals surface area contributed by atoms with Crippen molar-refractivity contribution in [3.8, 4) is 0 Å². The first-order valence-corrected chi connectivity index (χ1v) is 7.08. The number of unbranched alkanes of at least 4 members (excludes halogenated alkanes) is 1. The van der Waals surface area contributed by atoms with Crippen molar-refractivity contribution < 1.29 is 0 Å². The molecule has 1 rings (SSSR count). The van der Waals surface area contributed by atoms with Crippen LogP contribution in [0.1, 0.15) is 45.7 Å². The maximum Gasteiger partial charge on any atom is 0.147 e. The number of rotatable bonds is 9. The van der Waals surface area contributed by atoms with Crippen LogP contribution >= 0.6 is 0 Å². The molecule has 0 saturated carbocycles. The van der Waals surface area contributed by atoms with E-state index < -0.39 is 0 Å². The zero-order valence-corrected chi connectivity index (χ0v) is 11.9. The molecule has 1 aromatic heterocycles. The number of nitrogens with zero attached hydrogens (tertiary/aromatic N) is 3. The van der Waals surface area contributed by atoms with Crippen LogP contribution in [0.5, 0.6) is 0 Å². The zero-order valence-electron chi connectivity index (χ0n) is 11.9. The van der Waals surface area contributed by atoms with Crippen LogP contribution in [0, 0.1) is 0 Å². The van der Waals surface area contributed by atoms with Crippen LogP contribution in [0.15, 0.2) is 12.4 Å². The molecule has 1 N–H and O–H groups in total. The third kappa shape index (κ3) is 5.00. The minimum Gasteiger partial charge on any atom is -0.356 e. The predicted octanol–water partition coefficient (Wildman–Crippen LogP) is 2.60. The summed E-state index contributed by atoms with van der Waals surface area (Å²) >= 11 is 0. The number of anilines is 1. The van der Waals surface area contributed by atoms with E-state index >= 15 is 0 Å². The Kier molecular flexibility index (Phi) is 7.34.